The van der Waals surface area contributed by atoms with E-state index in [9.17, 15) is 14.4 Å². The maximum Gasteiger partial charge on any atom is 0.261 e. The van der Waals surface area contributed by atoms with Gasteiger partial charge in [0.1, 0.15) is 18.3 Å². The lowest BCUT2D eigenvalue weighted by Gasteiger charge is -2.31. The Bertz CT molecular complexity index is 571. The molecule has 1 atom stereocenters. The van der Waals surface area contributed by atoms with Gasteiger partial charge in [0.2, 0.25) is 11.8 Å². The van der Waals surface area contributed by atoms with E-state index in [1.54, 1.807) is 13.0 Å². The summed E-state index contributed by atoms with van der Waals surface area (Å²) in [5.41, 5.74) is 1.11. The van der Waals surface area contributed by atoms with Gasteiger partial charge in [0.15, 0.2) is 6.61 Å². The number of imide groups is 1. The molecule has 2 rings (SSSR count). The number of rotatable bonds is 4. The highest BCUT2D eigenvalue weighted by atomic mass is 16.5. The van der Waals surface area contributed by atoms with Crippen LogP contribution in [0.3, 0.4) is 0 Å². The zero-order valence-corrected chi connectivity index (χ0v) is 12.1. The van der Waals surface area contributed by atoms with Crippen LogP contribution >= 0.6 is 0 Å². The normalized spacial score (nSPS) is 18.4. The number of nitrogens with one attached hydrogen (secondary N) is 1. The van der Waals surface area contributed by atoms with Crippen molar-refractivity contribution in [2.24, 2.45) is 0 Å². The topological polar surface area (TPSA) is 75.7 Å². The molecule has 1 N–H and O–H groups in total. The molecule has 0 radical (unpaired) electrons. The number of hydrogen-bond donors (Lipinski definition) is 1. The lowest BCUT2D eigenvalue weighted by molar-refractivity contribution is -0.150. The first-order valence-electron chi connectivity index (χ1n) is 6.86. The largest absolute Gasteiger partial charge is 0.484 e. The molecule has 1 aromatic rings. The standard InChI is InChI=1S/C15H18N2O4/c1-3-11-5-4-6-12(7-11)21-9-14(19)17-8-13(18)16-15(20)10(17)2/h4-7,10H,3,8-9H2,1-2H3,(H,16,18,20). The molecular weight excluding hydrogens is 272 g/mol. The number of nitrogens with zero attached hydrogens (tertiary/aromatic N) is 1. The van der Waals surface area contributed by atoms with Crippen molar-refractivity contribution in [1.82, 2.24) is 10.2 Å². The van der Waals surface area contributed by atoms with E-state index < -0.39 is 17.9 Å². The van der Waals surface area contributed by atoms with Crippen molar-refractivity contribution >= 4 is 17.7 Å². The molecule has 1 aliphatic rings. The number of aryl methyl sites for hydroxylation is 1. The van der Waals surface area contributed by atoms with E-state index in [1.807, 2.05) is 25.1 Å². The molecule has 1 aromatic carbocycles. The predicted molar refractivity (Wildman–Crippen MR) is 75.6 cm³/mol. The molecule has 1 unspecified atom stereocenters. The van der Waals surface area contributed by atoms with Crippen LogP contribution in [0.15, 0.2) is 24.3 Å². The highest BCUT2D eigenvalue weighted by Crippen LogP contribution is 2.14. The van der Waals surface area contributed by atoms with Gasteiger partial charge in [-0.2, -0.15) is 0 Å². The first-order chi connectivity index (χ1) is 10.0. The van der Waals surface area contributed by atoms with E-state index in [2.05, 4.69) is 5.32 Å². The number of carbonyl (C=O) groups excluding carboxylic acids is 3. The first-order valence-corrected chi connectivity index (χ1v) is 6.86. The zero-order valence-electron chi connectivity index (χ0n) is 12.1. The maximum absolute atomic E-state index is 12.1. The van der Waals surface area contributed by atoms with Gasteiger partial charge in [0, 0.05) is 0 Å². The van der Waals surface area contributed by atoms with E-state index >= 15 is 0 Å². The van der Waals surface area contributed by atoms with E-state index in [0.717, 1.165) is 12.0 Å². The molecule has 6 heteroatoms. The Morgan fingerprint density at radius 3 is 2.90 bits per heavy atom. The monoisotopic (exact) mass is 290 g/mol. The van der Waals surface area contributed by atoms with Crippen LogP contribution in [0.25, 0.3) is 0 Å². The van der Waals surface area contributed by atoms with Gasteiger partial charge in [-0.3, -0.25) is 19.7 Å². The fourth-order valence-electron chi connectivity index (χ4n) is 2.10. The summed E-state index contributed by atoms with van der Waals surface area (Å²) < 4.78 is 5.45. The minimum Gasteiger partial charge on any atom is -0.484 e. The maximum atomic E-state index is 12.1. The molecule has 112 valence electrons. The van der Waals surface area contributed by atoms with Crippen LogP contribution in [0.2, 0.25) is 0 Å². The predicted octanol–water partition coefficient (Wildman–Crippen LogP) is 0.501. The molecule has 1 aliphatic heterocycles. The molecular formula is C15H18N2O4. The van der Waals surface area contributed by atoms with Crippen LogP contribution in [0.4, 0.5) is 0 Å². The van der Waals surface area contributed by atoms with Crippen molar-refractivity contribution in [3.63, 3.8) is 0 Å². The van der Waals surface area contributed by atoms with Crippen LogP contribution < -0.4 is 10.1 Å². The highest BCUT2D eigenvalue weighted by molar-refractivity contribution is 6.04. The second-order valence-electron chi connectivity index (χ2n) is 4.90. The third-order valence-electron chi connectivity index (χ3n) is 3.41. The minimum atomic E-state index is -0.666. The quantitative estimate of drug-likeness (QED) is 0.819. The molecule has 0 aromatic heterocycles. The van der Waals surface area contributed by atoms with Gasteiger partial charge >= 0.3 is 0 Å². The van der Waals surface area contributed by atoms with Crippen LogP contribution in [0, 0.1) is 0 Å². The molecule has 21 heavy (non-hydrogen) atoms. The van der Waals surface area contributed by atoms with Crippen LogP contribution in [-0.2, 0) is 20.8 Å². The third kappa shape index (κ3) is 3.59. The number of benzene rings is 1. The van der Waals surface area contributed by atoms with Crippen molar-refractivity contribution in [1.29, 1.82) is 0 Å². The first kappa shape index (κ1) is 15.0. The second-order valence-corrected chi connectivity index (χ2v) is 4.90. The lowest BCUT2D eigenvalue weighted by Crippen LogP contribution is -2.59. The van der Waals surface area contributed by atoms with E-state index in [0.29, 0.717) is 5.75 Å². The average Bonchev–Trinajstić information content (AvgIpc) is 2.48. The summed E-state index contributed by atoms with van der Waals surface area (Å²) in [6, 6.07) is 6.80. The highest BCUT2D eigenvalue weighted by Gasteiger charge is 2.33. The van der Waals surface area contributed by atoms with Crippen LogP contribution in [0.1, 0.15) is 19.4 Å². The summed E-state index contributed by atoms with van der Waals surface area (Å²) in [6.45, 7) is 3.30. The van der Waals surface area contributed by atoms with Gasteiger partial charge in [-0.05, 0) is 31.0 Å². The van der Waals surface area contributed by atoms with Gasteiger partial charge in [0.05, 0.1) is 0 Å². The van der Waals surface area contributed by atoms with Gasteiger partial charge in [-0.25, -0.2) is 0 Å². The van der Waals surface area contributed by atoms with Crippen molar-refractivity contribution < 1.29 is 19.1 Å². The molecule has 1 heterocycles. The smallest absolute Gasteiger partial charge is 0.261 e. The molecule has 0 aliphatic carbocycles. The summed E-state index contributed by atoms with van der Waals surface area (Å²) >= 11 is 0. The number of hydrogen-bond acceptors (Lipinski definition) is 4. The Hall–Kier alpha value is -2.37. The summed E-state index contributed by atoms with van der Waals surface area (Å²) in [6.07, 6.45) is 0.878. The Morgan fingerprint density at radius 1 is 1.43 bits per heavy atom. The van der Waals surface area contributed by atoms with Crippen molar-refractivity contribution in [3.8, 4) is 5.75 Å². The van der Waals surface area contributed by atoms with E-state index in [4.69, 9.17) is 4.74 Å². The Kier molecular flexibility index (Phi) is 4.57. The minimum absolute atomic E-state index is 0.121. The SMILES string of the molecule is CCc1cccc(OCC(=O)N2CC(=O)NC(=O)C2C)c1. The third-order valence-corrected chi connectivity index (χ3v) is 3.41. The summed E-state index contributed by atoms with van der Waals surface area (Å²) in [5, 5.41) is 2.19. The van der Waals surface area contributed by atoms with Gasteiger partial charge < -0.3 is 9.64 Å². The van der Waals surface area contributed by atoms with Gasteiger partial charge in [0.25, 0.3) is 5.91 Å². The number of ether oxygens (including phenoxy) is 1. The number of amides is 3. The van der Waals surface area contributed by atoms with E-state index in [1.165, 1.54) is 4.90 Å². The molecule has 6 nitrogen and oxygen atoms in total. The van der Waals surface area contributed by atoms with Gasteiger partial charge in [-0.1, -0.05) is 19.1 Å². The van der Waals surface area contributed by atoms with E-state index in [-0.39, 0.29) is 19.1 Å². The van der Waals surface area contributed by atoms with Crippen molar-refractivity contribution in [3.05, 3.63) is 29.8 Å². The molecule has 0 bridgehead atoms. The zero-order chi connectivity index (χ0) is 15.4. The number of carbonyl (C=O) groups is 3. The summed E-state index contributed by atoms with van der Waals surface area (Å²) in [7, 11) is 0. The fourth-order valence-corrected chi connectivity index (χ4v) is 2.10. The van der Waals surface area contributed by atoms with Crippen molar-refractivity contribution in [2.75, 3.05) is 13.2 Å². The summed E-state index contributed by atoms with van der Waals surface area (Å²) in [5.74, 6) is -0.720. The molecule has 1 fully saturated rings. The Balaban J connectivity index is 1.97. The lowest BCUT2D eigenvalue weighted by atomic mass is 10.2. The Morgan fingerprint density at radius 2 is 2.19 bits per heavy atom. The molecule has 0 saturated carbocycles. The van der Waals surface area contributed by atoms with Crippen molar-refractivity contribution in [2.45, 2.75) is 26.3 Å². The summed E-state index contributed by atoms with van der Waals surface area (Å²) in [4.78, 5) is 36.2. The Labute approximate surface area is 123 Å². The molecule has 3 amide bonds. The second kappa shape index (κ2) is 6.39. The van der Waals surface area contributed by atoms with Crippen LogP contribution in [0.5, 0.6) is 5.75 Å². The fraction of sp³-hybridized carbons (Fsp3) is 0.400. The van der Waals surface area contributed by atoms with Gasteiger partial charge in [-0.15, -0.1) is 0 Å². The molecule has 1 saturated heterocycles. The molecule has 0 spiro atoms. The number of piperazine rings is 1. The average molecular weight is 290 g/mol. The van der Waals surface area contributed by atoms with Crippen LogP contribution in [-0.4, -0.2) is 41.8 Å².